The fourth-order valence-corrected chi connectivity index (χ4v) is 3.18. The van der Waals surface area contributed by atoms with Gasteiger partial charge in [0.2, 0.25) is 10.0 Å². The van der Waals surface area contributed by atoms with Crippen LogP contribution < -0.4 is 4.72 Å². The van der Waals surface area contributed by atoms with E-state index in [0.717, 1.165) is 0 Å². The topological polar surface area (TPSA) is 90.2 Å². The Morgan fingerprint density at radius 2 is 2.22 bits per heavy atom. The number of hydrogen-bond donors (Lipinski definition) is 2. The first-order valence-electron chi connectivity index (χ1n) is 5.27. The zero-order valence-corrected chi connectivity index (χ0v) is 11.3. The summed E-state index contributed by atoms with van der Waals surface area (Å²) in [6.07, 6.45) is 0.462. The fourth-order valence-electron chi connectivity index (χ4n) is 1.32. The van der Waals surface area contributed by atoms with Gasteiger partial charge in [-0.1, -0.05) is 18.5 Å². The molecule has 1 atom stereocenters. The summed E-state index contributed by atoms with van der Waals surface area (Å²) >= 11 is 5.83. The number of hydrogen-bond acceptors (Lipinski definition) is 4. The lowest BCUT2D eigenvalue weighted by atomic mass is 10.2. The Morgan fingerprint density at radius 3 is 2.67 bits per heavy atom. The predicted octanol–water partition coefficient (Wildman–Crippen LogP) is 1.26. The average molecular weight is 289 g/mol. The Labute approximate surface area is 111 Å². The second-order valence-electron chi connectivity index (χ2n) is 3.67. The van der Waals surface area contributed by atoms with Crippen molar-refractivity contribution >= 4 is 21.6 Å². The van der Waals surface area contributed by atoms with Crippen LogP contribution in [0.5, 0.6) is 0 Å². The summed E-state index contributed by atoms with van der Waals surface area (Å²) in [5.41, 5.74) is 0.285. The highest BCUT2D eigenvalue weighted by atomic mass is 35.5. The molecule has 1 aromatic carbocycles. The van der Waals surface area contributed by atoms with Crippen LogP contribution in [0.15, 0.2) is 23.1 Å². The van der Waals surface area contributed by atoms with Crippen LogP contribution in [0.1, 0.15) is 18.9 Å². The maximum Gasteiger partial charge on any atom is 0.242 e. The van der Waals surface area contributed by atoms with Crippen molar-refractivity contribution in [2.24, 2.45) is 0 Å². The molecular formula is C11H13ClN2O3S. The molecule has 0 radical (unpaired) electrons. The van der Waals surface area contributed by atoms with Crippen LogP contribution in [0.2, 0.25) is 5.02 Å². The largest absolute Gasteiger partial charge is 0.395 e. The van der Waals surface area contributed by atoms with E-state index in [4.69, 9.17) is 22.0 Å². The van der Waals surface area contributed by atoms with Gasteiger partial charge in [0.15, 0.2) is 0 Å². The van der Waals surface area contributed by atoms with Crippen LogP contribution in [0.3, 0.4) is 0 Å². The van der Waals surface area contributed by atoms with E-state index in [0.29, 0.717) is 6.42 Å². The first-order chi connectivity index (χ1) is 8.44. The molecule has 0 bridgehead atoms. The second kappa shape index (κ2) is 6.16. The average Bonchev–Trinajstić information content (AvgIpc) is 2.35. The summed E-state index contributed by atoms with van der Waals surface area (Å²) in [6, 6.07) is 5.25. The molecule has 0 spiro atoms. The Morgan fingerprint density at radius 1 is 1.56 bits per heavy atom. The number of nitrogens with zero attached hydrogens (tertiary/aromatic N) is 1. The summed E-state index contributed by atoms with van der Waals surface area (Å²) in [5.74, 6) is 0. The van der Waals surface area contributed by atoms with E-state index in [9.17, 15) is 8.42 Å². The maximum absolute atomic E-state index is 12.0. The highest BCUT2D eigenvalue weighted by molar-refractivity contribution is 7.89. The number of sulfonamides is 1. The van der Waals surface area contributed by atoms with Crippen molar-refractivity contribution in [1.82, 2.24) is 4.72 Å². The van der Waals surface area contributed by atoms with E-state index in [-0.39, 0.29) is 22.1 Å². The first kappa shape index (κ1) is 14.9. The number of rotatable bonds is 5. The lowest BCUT2D eigenvalue weighted by Gasteiger charge is -2.15. The highest BCUT2D eigenvalue weighted by Crippen LogP contribution is 2.22. The van der Waals surface area contributed by atoms with Crippen molar-refractivity contribution in [3.05, 3.63) is 28.8 Å². The molecule has 0 fully saturated rings. The van der Waals surface area contributed by atoms with Gasteiger partial charge in [-0.2, -0.15) is 5.26 Å². The van der Waals surface area contributed by atoms with E-state index >= 15 is 0 Å². The van der Waals surface area contributed by atoms with Crippen LogP contribution in [0, 0.1) is 11.3 Å². The Hall–Kier alpha value is -1.13. The van der Waals surface area contributed by atoms with E-state index in [1.54, 1.807) is 6.92 Å². The van der Waals surface area contributed by atoms with Crippen molar-refractivity contribution in [2.45, 2.75) is 24.3 Å². The third kappa shape index (κ3) is 3.43. The number of aliphatic hydroxyl groups is 1. The third-order valence-electron chi connectivity index (χ3n) is 2.39. The molecule has 0 aliphatic heterocycles. The van der Waals surface area contributed by atoms with Gasteiger partial charge >= 0.3 is 0 Å². The third-order valence-corrected chi connectivity index (χ3v) is 4.39. The molecular weight excluding hydrogens is 276 g/mol. The number of aliphatic hydroxyl groups excluding tert-OH is 1. The number of benzene rings is 1. The smallest absolute Gasteiger partial charge is 0.242 e. The zero-order chi connectivity index (χ0) is 13.8. The molecule has 1 aromatic rings. The second-order valence-corrected chi connectivity index (χ2v) is 5.76. The normalized spacial score (nSPS) is 13.0. The standard InChI is InChI=1S/C11H13ClN2O3S/c1-2-9(7-15)14-18(16,17)11-4-3-8(6-13)5-10(11)12/h3-5,9,14-15H,2,7H2,1H3. The van der Waals surface area contributed by atoms with Crippen molar-refractivity contribution in [3.63, 3.8) is 0 Å². The molecule has 0 aliphatic carbocycles. The molecule has 5 nitrogen and oxygen atoms in total. The van der Waals surface area contributed by atoms with Crippen LogP contribution in [0.25, 0.3) is 0 Å². The van der Waals surface area contributed by atoms with Gasteiger partial charge in [-0.25, -0.2) is 13.1 Å². The quantitative estimate of drug-likeness (QED) is 0.853. The summed E-state index contributed by atoms with van der Waals surface area (Å²) < 4.78 is 26.3. The summed E-state index contributed by atoms with van der Waals surface area (Å²) in [5, 5.41) is 17.6. The molecule has 0 saturated carbocycles. The van der Waals surface area contributed by atoms with Crippen molar-refractivity contribution in [3.8, 4) is 6.07 Å². The molecule has 0 heterocycles. The molecule has 7 heteroatoms. The maximum atomic E-state index is 12.0. The number of nitriles is 1. The van der Waals surface area contributed by atoms with Gasteiger partial charge in [-0.05, 0) is 24.6 Å². The van der Waals surface area contributed by atoms with Gasteiger partial charge in [0.05, 0.1) is 23.3 Å². The van der Waals surface area contributed by atoms with Gasteiger partial charge in [-0.3, -0.25) is 0 Å². The summed E-state index contributed by atoms with van der Waals surface area (Å²) in [7, 11) is -3.79. The SMILES string of the molecule is CCC(CO)NS(=O)(=O)c1ccc(C#N)cc1Cl. The minimum atomic E-state index is -3.79. The van der Waals surface area contributed by atoms with E-state index in [1.807, 2.05) is 6.07 Å². The predicted molar refractivity (Wildman–Crippen MR) is 67.7 cm³/mol. The Bertz CT molecular complexity index is 562. The molecule has 1 unspecified atom stereocenters. The minimum Gasteiger partial charge on any atom is -0.395 e. The molecule has 18 heavy (non-hydrogen) atoms. The molecule has 0 saturated heterocycles. The Kier molecular flexibility index (Phi) is 5.11. The molecule has 0 aromatic heterocycles. The van der Waals surface area contributed by atoms with Crippen LogP contribution in [-0.4, -0.2) is 26.2 Å². The van der Waals surface area contributed by atoms with Crippen molar-refractivity contribution in [2.75, 3.05) is 6.61 Å². The molecule has 2 N–H and O–H groups in total. The zero-order valence-electron chi connectivity index (χ0n) is 9.72. The summed E-state index contributed by atoms with van der Waals surface area (Å²) in [4.78, 5) is -0.102. The molecule has 98 valence electrons. The molecule has 0 amide bonds. The van der Waals surface area contributed by atoms with Gasteiger partial charge in [0.1, 0.15) is 4.90 Å². The van der Waals surface area contributed by atoms with E-state index < -0.39 is 16.1 Å². The van der Waals surface area contributed by atoms with Crippen molar-refractivity contribution < 1.29 is 13.5 Å². The van der Waals surface area contributed by atoms with E-state index in [2.05, 4.69) is 4.72 Å². The minimum absolute atomic E-state index is 0.0191. The van der Waals surface area contributed by atoms with Crippen molar-refractivity contribution in [1.29, 1.82) is 5.26 Å². The monoisotopic (exact) mass is 288 g/mol. The molecule has 1 rings (SSSR count). The number of nitrogens with one attached hydrogen (secondary N) is 1. The fraction of sp³-hybridized carbons (Fsp3) is 0.364. The van der Waals surface area contributed by atoms with Crippen LogP contribution in [-0.2, 0) is 10.0 Å². The van der Waals surface area contributed by atoms with Gasteiger partial charge in [0.25, 0.3) is 0 Å². The number of halogens is 1. The van der Waals surface area contributed by atoms with E-state index in [1.165, 1.54) is 18.2 Å². The van der Waals surface area contributed by atoms with Crippen LogP contribution >= 0.6 is 11.6 Å². The van der Waals surface area contributed by atoms with Gasteiger partial charge in [-0.15, -0.1) is 0 Å². The lowest BCUT2D eigenvalue weighted by molar-refractivity contribution is 0.254. The van der Waals surface area contributed by atoms with Crippen LogP contribution in [0.4, 0.5) is 0 Å². The Balaban J connectivity index is 3.10. The lowest BCUT2D eigenvalue weighted by Crippen LogP contribution is -2.37. The molecule has 0 aliphatic rings. The van der Waals surface area contributed by atoms with Gasteiger partial charge < -0.3 is 5.11 Å². The summed E-state index contributed by atoms with van der Waals surface area (Å²) in [6.45, 7) is 1.47. The first-order valence-corrected chi connectivity index (χ1v) is 7.13. The van der Waals surface area contributed by atoms with Gasteiger partial charge in [0, 0.05) is 6.04 Å². The highest BCUT2D eigenvalue weighted by Gasteiger charge is 2.21.